The van der Waals surface area contributed by atoms with Crippen LogP contribution in [0.1, 0.15) is 5.56 Å². The first kappa shape index (κ1) is 14.3. The second-order valence-electron chi connectivity index (χ2n) is 3.47. The molecule has 8 heteroatoms. The van der Waals surface area contributed by atoms with Gasteiger partial charge in [-0.05, 0) is 6.07 Å². The van der Waals surface area contributed by atoms with E-state index < -0.39 is 40.0 Å². The van der Waals surface area contributed by atoms with E-state index >= 15 is 0 Å². The number of rotatable bonds is 5. The highest BCUT2D eigenvalue weighted by atomic mass is 35.5. The Labute approximate surface area is 103 Å². The van der Waals surface area contributed by atoms with E-state index in [1.807, 2.05) is 0 Å². The fourth-order valence-electron chi connectivity index (χ4n) is 1.19. The van der Waals surface area contributed by atoms with E-state index in [0.29, 0.717) is 0 Å². The highest BCUT2D eigenvalue weighted by molar-refractivity contribution is 7.90. The molecule has 0 spiro atoms. The van der Waals surface area contributed by atoms with E-state index in [2.05, 4.69) is 4.98 Å². The fraction of sp³-hybridized carbons (Fsp3) is 0.444. The summed E-state index contributed by atoms with van der Waals surface area (Å²) in [6, 6.07) is 2.49. The van der Waals surface area contributed by atoms with Gasteiger partial charge in [-0.25, -0.2) is 13.4 Å². The Bertz CT molecular complexity index is 494. The molecule has 0 unspecified atom stereocenters. The van der Waals surface area contributed by atoms with Crippen molar-refractivity contribution in [3.63, 3.8) is 0 Å². The summed E-state index contributed by atoms with van der Waals surface area (Å²) in [5.74, 6) is -2.19. The summed E-state index contributed by atoms with van der Waals surface area (Å²) in [6.07, 6.45) is -1.37. The van der Waals surface area contributed by atoms with Crippen LogP contribution in [0.5, 0.6) is 0 Å². The molecule has 1 rings (SSSR count). The van der Waals surface area contributed by atoms with Gasteiger partial charge in [0.15, 0.2) is 9.84 Å². The van der Waals surface area contributed by atoms with E-state index in [1.54, 1.807) is 0 Å². The molecule has 5 nitrogen and oxygen atoms in total. The predicted octanol–water partition coefficient (Wildman–Crippen LogP) is 0.142. The van der Waals surface area contributed by atoms with Crippen molar-refractivity contribution in [2.45, 2.75) is 11.9 Å². The molecule has 0 aliphatic rings. The van der Waals surface area contributed by atoms with E-state index in [-0.39, 0.29) is 10.7 Å². The van der Waals surface area contributed by atoms with Crippen molar-refractivity contribution < 1.29 is 23.0 Å². The summed E-state index contributed by atoms with van der Waals surface area (Å²) in [7, 11) is -3.71. The maximum Gasteiger partial charge on any atom is 0.218 e. The molecule has 0 aromatic carbocycles. The number of hydrogen-bond donors (Lipinski definition) is 2. The van der Waals surface area contributed by atoms with E-state index in [1.165, 1.54) is 12.1 Å². The topological polar surface area (TPSA) is 87.5 Å². The molecule has 0 aliphatic heterocycles. The van der Waals surface area contributed by atoms with Crippen molar-refractivity contribution in [3.05, 3.63) is 28.8 Å². The third kappa shape index (κ3) is 4.55. The van der Waals surface area contributed by atoms with Crippen molar-refractivity contribution >= 4 is 21.4 Å². The molecule has 1 aromatic heterocycles. The van der Waals surface area contributed by atoms with Gasteiger partial charge in [0.25, 0.3) is 0 Å². The number of nitrogens with zero attached hydrogens (tertiary/aromatic N) is 1. The van der Waals surface area contributed by atoms with Gasteiger partial charge in [-0.2, -0.15) is 4.39 Å². The first-order chi connectivity index (χ1) is 7.84. The maximum atomic E-state index is 13.2. The molecule has 0 fully saturated rings. The van der Waals surface area contributed by atoms with Crippen molar-refractivity contribution in [1.29, 1.82) is 0 Å². The minimum atomic E-state index is -3.71. The molecule has 0 saturated carbocycles. The van der Waals surface area contributed by atoms with Gasteiger partial charge in [0.1, 0.15) is 5.15 Å². The SMILES string of the molecule is O=S(=O)(Cc1ccc(Cl)nc1F)C[C@@H](O)CO. The van der Waals surface area contributed by atoms with Crippen molar-refractivity contribution in [2.75, 3.05) is 12.4 Å². The second kappa shape index (κ2) is 5.72. The number of sulfone groups is 1. The monoisotopic (exact) mass is 283 g/mol. The minimum Gasteiger partial charge on any atom is -0.394 e. The number of halogens is 2. The van der Waals surface area contributed by atoms with Gasteiger partial charge < -0.3 is 10.2 Å². The third-order valence-electron chi connectivity index (χ3n) is 1.92. The van der Waals surface area contributed by atoms with Crippen molar-refractivity contribution in [2.24, 2.45) is 0 Å². The van der Waals surface area contributed by atoms with Gasteiger partial charge in [-0.3, -0.25) is 0 Å². The molecule has 96 valence electrons. The van der Waals surface area contributed by atoms with Gasteiger partial charge in [0.05, 0.1) is 24.2 Å². The Morgan fingerprint density at radius 2 is 2.12 bits per heavy atom. The van der Waals surface area contributed by atoms with Crippen LogP contribution in [-0.4, -0.2) is 42.1 Å². The maximum absolute atomic E-state index is 13.2. The summed E-state index contributed by atoms with van der Waals surface area (Å²) in [4.78, 5) is 3.28. The third-order valence-corrected chi connectivity index (χ3v) is 3.78. The molecular formula is C9H11ClFNO4S. The molecule has 17 heavy (non-hydrogen) atoms. The lowest BCUT2D eigenvalue weighted by atomic mass is 10.3. The number of aromatic nitrogens is 1. The molecule has 0 aliphatic carbocycles. The normalized spacial score (nSPS) is 13.6. The lowest BCUT2D eigenvalue weighted by Crippen LogP contribution is -2.25. The fourth-order valence-corrected chi connectivity index (χ4v) is 2.83. The zero-order valence-electron chi connectivity index (χ0n) is 8.68. The van der Waals surface area contributed by atoms with E-state index in [9.17, 15) is 12.8 Å². The van der Waals surface area contributed by atoms with Gasteiger partial charge in [-0.15, -0.1) is 0 Å². The molecule has 0 bridgehead atoms. The van der Waals surface area contributed by atoms with Gasteiger partial charge in [0.2, 0.25) is 5.95 Å². The van der Waals surface area contributed by atoms with Gasteiger partial charge in [0, 0.05) is 5.56 Å². The molecule has 0 saturated heterocycles. The zero-order chi connectivity index (χ0) is 13.1. The Hall–Kier alpha value is -0.760. The van der Waals surface area contributed by atoms with Crippen LogP contribution in [0.25, 0.3) is 0 Å². The Morgan fingerprint density at radius 1 is 1.47 bits per heavy atom. The highest BCUT2D eigenvalue weighted by Crippen LogP contribution is 2.14. The predicted molar refractivity (Wildman–Crippen MR) is 59.8 cm³/mol. The molecule has 1 atom stereocenters. The van der Waals surface area contributed by atoms with Crippen LogP contribution >= 0.6 is 11.6 Å². The average molecular weight is 284 g/mol. The van der Waals surface area contributed by atoms with Gasteiger partial charge in [-0.1, -0.05) is 17.7 Å². The molecule has 0 amide bonds. The number of aliphatic hydroxyl groups is 2. The quantitative estimate of drug-likeness (QED) is 0.751. The Balaban J connectivity index is 2.83. The molecule has 1 heterocycles. The van der Waals surface area contributed by atoms with Crippen molar-refractivity contribution in [1.82, 2.24) is 4.98 Å². The standard InChI is InChI=1S/C9H11ClFNO4S/c10-8-2-1-6(9(11)12-8)4-17(15,16)5-7(14)3-13/h1-2,7,13-14H,3-5H2/t7-/m0/s1. The van der Waals surface area contributed by atoms with Crippen LogP contribution < -0.4 is 0 Å². The summed E-state index contributed by atoms with van der Waals surface area (Å²) in [6.45, 7) is -0.666. The lowest BCUT2D eigenvalue weighted by molar-refractivity contribution is 0.112. The van der Waals surface area contributed by atoms with Crippen LogP contribution in [0.15, 0.2) is 12.1 Å². The Kier molecular flexibility index (Phi) is 4.81. The Morgan fingerprint density at radius 3 is 2.65 bits per heavy atom. The first-order valence-electron chi connectivity index (χ1n) is 4.64. The number of pyridine rings is 1. The van der Waals surface area contributed by atoms with Crippen molar-refractivity contribution in [3.8, 4) is 0 Å². The lowest BCUT2D eigenvalue weighted by Gasteiger charge is -2.08. The average Bonchev–Trinajstić information content (AvgIpc) is 2.21. The van der Waals surface area contributed by atoms with Crippen LogP contribution in [0.2, 0.25) is 5.15 Å². The summed E-state index contributed by atoms with van der Waals surface area (Å²) < 4.78 is 36.2. The van der Waals surface area contributed by atoms with E-state index in [4.69, 9.17) is 21.8 Å². The highest BCUT2D eigenvalue weighted by Gasteiger charge is 2.19. The zero-order valence-corrected chi connectivity index (χ0v) is 10.2. The molecule has 2 N–H and O–H groups in total. The van der Waals surface area contributed by atoms with Crippen LogP contribution in [0, 0.1) is 5.95 Å². The second-order valence-corrected chi connectivity index (χ2v) is 5.97. The van der Waals surface area contributed by atoms with Crippen LogP contribution in [0.4, 0.5) is 4.39 Å². The smallest absolute Gasteiger partial charge is 0.218 e. The summed E-state index contributed by atoms with van der Waals surface area (Å²) in [5.41, 5.74) is -0.125. The molecule has 0 radical (unpaired) electrons. The van der Waals surface area contributed by atoms with Crippen LogP contribution in [-0.2, 0) is 15.6 Å². The minimum absolute atomic E-state index is 0.0703. The summed E-state index contributed by atoms with van der Waals surface area (Å²) >= 11 is 5.42. The molecular weight excluding hydrogens is 273 g/mol. The summed E-state index contributed by atoms with van der Waals surface area (Å²) in [5, 5.41) is 17.5. The largest absolute Gasteiger partial charge is 0.394 e. The number of hydrogen-bond acceptors (Lipinski definition) is 5. The molecule has 1 aromatic rings. The number of aliphatic hydroxyl groups excluding tert-OH is 2. The first-order valence-corrected chi connectivity index (χ1v) is 6.84. The van der Waals surface area contributed by atoms with Gasteiger partial charge >= 0.3 is 0 Å². The van der Waals surface area contributed by atoms with E-state index in [0.717, 1.165) is 0 Å². The van der Waals surface area contributed by atoms with Crippen LogP contribution in [0.3, 0.4) is 0 Å².